The van der Waals surface area contributed by atoms with Crippen LogP contribution in [0.3, 0.4) is 0 Å². The summed E-state index contributed by atoms with van der Waals surface area (Å²) < 4.78 is 27.8. The molecule has 3 heterocycles. The number of anilines is 1. The lowest BCUT2D eigenvalue weighted by molar-refractivity contribution is -0.127. The molecule has 3 amide bonds. The van der Waals surface area contributed by atoms with Gasteiger partial charge in [0.1, 0.15) is 24.2 Å². The van der Waals surface area contributed by atoms with Crippen molar-refractivity contribution < 1.29 is 23.5 Å². The summed E-state index contributed by atoms with van der Waals surface area (Å²) in [5, 5.41) is 19.1. The number of nitrogens with zero attached hydrogens (tertiary/aromatic N) is 3. The van der Waals surface area contributed by atoms with E-state index in [-0.39, 0.29) is 36.5 Å². The van der Waals surface area contributed by atoms with E-state index in [0.717, 1.165) is 11.0 Å². The number of benzene rings is 2. The number of amides is 3. The third kappa shape index (κ3) is 3.01. The molecule has 2 aliphatic rings. The van der Waals surface area contributed by atoms with Crippen LogP contribution in [0.25, 0.3) is 10.8 Å². The van der Waals surface area contributed by atoms with Gasteiger partial charge in [-0.25, -0.2) is 18.7 Å². The largest absolute Gasteiger partial charge is 0.395 e. The molecule has 9 nitrogen and oxygen atoms in total. The molecular formula is C21H17F2N5O4. The third-order valence-electron chi connectivity index (χ3n) is 5.74. The number of urea groups is 1. The maximum absolute atomic E-state index is 14.2. The maximum atomic E-state index is 14.2. The van der Waals surface area contributed by atoms with E-state index in [9.17, 15) is 28.3 Å². The van der Waals surface area contributed by atoms with E-state index in [1.807, 2.05) is 0 Å². The number of aromatic amines is 1. The van der Waals surface area contributed by atoms with E-state index in [4.69, 9.17) is 0 Å². The highest BCUT2D eigenvalue weighted by molar-refractivity contribution is 6.04. The number of rotatable bonds is 4. The molecule has 0 bridgehead atoms. The first-order valence-corrected chi connectivity index (χ1v) is 9.84. The smallest absolute Gasteiger partial charge is 0.328 e. The van der Waals surface area contributed by atoms with Crippen molar-refractivity contribution in [1.82, 2.24) is 20.0 Å². The summed E-state index contributed by atoms with van der Waals surface area (Å²) in [6, 6.07) is 5.27. The van der Waals surface area contributed by atoms with E-state index in [0.29, 0.717) is 10.9 Å². The molecule has 3 aromatic rings. The van der Waals surface area contributed by atoms with Crippen LogP contribution in [0.4, 0.5) is 19.3 Å². The molecule has 32 heavy (non-hydrogen) atoms. The summed E-state index contributed by atoms with van der Waals surface area (Å²) in [6.07, 6.45) is 0. The lowest BCUT2D eigenvalue weighted by Gasteiger charge is -2.38. The monoisotopic (exact) mass is 441 g/mol. The SMILES string of the molecule is O=C1CN(CCO)C(=O)N1C1c2n[nH]c(=O)c3cc(F)cc(c23)NC1c1ccc(F)cc1. The zero-order valence-electron chi connectivity index (χ0n) is 16.5. The number of halogens is 2. The fourth-order valence-corrected chi connectivity index (χ4v) is 4.36. The van der Waals surface area contributed by atoms with Crippen LogP contribution >= 0.6 is 0 Å². The van der Waals surface area contributed by atoms with Crippen molar-refractivity contribution >= 4 is 28.4 Å². The van der Waals surface area contributed by atoms with Gasteiger partial charge in [0.25, 0.3) is 11.5 Å². The van der Waals surface area contributed by atoms with Crippen LogP contribution in [0.5, 0.6) is 0 Å². The van der Waals surface area contributed by atoms with Gasteiger partial charge in [-0.1, -0.05) is 12.1 Å². The molecule has 5 rings (SSSR count). The zero-order valence-corrected chi connectivity index (χ0v) is 16.5. The summed E-state index contributed by atoms with van der Waals surface area (Å²) >= 11 is 0. The van der Waals surface area contributed by atoms with Gasteiger partial charge in [0.2, 0.25) is 0 Å². The predicted molar refractivity (Wildman–Crippen MR) is 109 cm³/mol. The number of imide groups is 1. The van der Waals surface area contributed by atoms with Crippen molar-refractivity contribution in [1.29, 1.82) is 0 Å². The molecule has 2 unspecified atom stereocenters. The maximum Gasteiger partial charge on any atom is 0.328 e. The number of carbonyl (C=O) groups is 2. The van der Waals surface area contributed by atoms with Crippen LogP contribution in [-0.2, 0) is 4.79 Å². The lowest BCUT2D eigenvalue weighted by atomic mass is 9.88. The first-order chi connectivity index (χ1) is 15.4. The van der Waals surface area contributed by atoms with Gasteiger partial charge in [-0.3, -0.25) is 14.5 Å². The summed E-state index contributed by atoms with van der Waals surface area (Å²) in [7, 11) is 0. The Morgan fingerprint density at radius 1 is 1.09 bits per heavy atom. The standard InChI is InChI=1S/C21H17F2N5O4/c22-11-3-1-10(2-4-11)17-19(28-15(30)9-27(5-6-29)21(28)32)18-16-13(20(31)26-25-18)7-12(23)8-14(16)24-17/h1-4,7-8,17,19,24,29H,5-6,9H2,(H,26,31). The molecule has 2 aromatic carbocycles. The molecule has 3 N–H and O–H groups in total. The van der Waals surface area contributed by atoms with Crippen LogP contribution in [0.1, 0.15) is 23.3 Å². The lowest BCUT2D eigenvalue weighted by Crippen LogP contribution is -2.43. The zero-order chi connectivity index (χ0) is 22.6. The molecule has 1 aromatic heterocycles. The van der Waals surface area contributed by atoms with Crippen molar-refractivity contribution in [2.75, 3.05) is 25.0 Å². The van der Waals surface area contributed by atoms with Crippen LogP contribution in [0.2, 0.25) is 0 Å². The first-order valence-electron chi connectivity index (χ1n) is 9.84. The molecule has 0 radical (unpaired) electrons. The number of hydrogen-bond acceptors (Lipinski definition) is 6. The first kappa shape index (κ1) is 20.1. The number of nitrogens with one attached hydrogen (secondary N) is 2. The van der Waals surface area contributed by atoms with Crippen molar-refractivity contribution in [2.45, 2.75) is 12.1 Å². The second-order valence-electron chi connectivity index (χ2n) is 7.62. The van der Waals surface area contributed by atoms with Gasteiger partial charge in [-0.2, -0.15) is 5.10 Å². The molecule has 1 saturated heterocycles. The van der Waals surface area contributed by atoms with Crippen molar-refractivity contribution in [2.24, 2.45) is 0 Å². The summed E-state index contributed by atoms with van der Waals surface area (Å²) in [5.41, 5.74) is 0.376. The average molecular weight is 441 g/mol. The summed E-state index contributed by atoms with van der Waals surface area (Å²) in [6.45, 7) is -0.575. The van der Waals surface area contributed by atoms with E-state index < -0.39 is 41.2 Å². The second-order valence-corrected chi connectivity index (χ2v) is 7.62. The Morgan fingerprint density at radius 2 is 1.84 bits per heavy atom. The van der Waals surface area contributed by atoms with E-state index in [1.165, 1.54) is 35.2 Å². The van der Waals surface area contributed by atoms with Crippen molar-refractivity contribution in [3.63, 3.8) is 0 Å². The topological polar surface area (TPSA) is 119 Å². The summed E-state index contributed by atoms with van der Waals surface area (Å²) in [4.78, 5) is 40.5. The number of β-amino-alcohol motifs (C(OH)–C–C–N with tert-alkyl or cyclic N) is 1. The average Bonchev–Trinajstić information content (AvgIpc) is 3.03. The van der Waals surface area contributed by atoms with Gasteiger partial charge in [0.05, 0.1) is 23.7 Å². The Hall–Kier alpha value is -3.86. The van der Waals surface area contributed by atoms with Gasteiger partial charge in [0.15, 0.2) is 0 Å². The molecule has 11 heteroatoms. The van der Waals surface area contributed by atoms with Crippen molar-refractivity contribution in [3.05, 3.63) is 69.6 Å². The molecule has 1 fully saturated rings. The van der Waals surface area contributed by atoms with E-state index in [1.54, 1.807) is 0 Å². The molecule has 0 aliphatic carbocycles. The molecule has 164 valence electrons. The van der Waals surface area contributed by atoms with Gasteiger partial charge in [0, 0.05) is 17.6 Å². The normalized spacial score (nSPS) is 20.2. The minimum Gasteiger partial charge on any atom is -0.395 e. The minimum atomic E-state index is -1.01. The number of hydrogen-bond donors (Lipinski definition) is 3. The van der Waals surface area contributed by atoms with Crippen LogP contribution < -0.4 is 10.9 Å². The molecule has 0 spiro atoms. The summed E-state index contributed by atoms with van der Waals surface area (Å²) in [5.74, 6) is -1.64. The Morgan fingerprint density at radius 3 is 2.56 bits per heavy atom. The Bertz CT molecular complexity index is 1310. The quantitative estimate of drug-likeness (QED) is 0.530. The highest BCUT2D eigenvalue weighted by Gasteiger charge is 2.47. The minimum absolute atomic E-state index is 0.0198. The van der Waals surface area contributed by atoms with Gasteiger partial charge in [-0.05, 0) is 29.8 Å². The predicted octanol–water partition coefficient (Wildman–Crippen LogP) is 1.67. The van der Waals surface area contributed by atoms with Crippen LogP contribution in [0, 0.1) is 11.6 Å². The number of aliphatic hydroxyl groups excluding tert-OH is 1. The third-order valence-corrected chi connectivity index (χ3v) is 5.74. The molecular weight excluding hydrogens is 424 g/mol. The number of aromatic nitrogens is 2. The fraction of sp³-hybridized carbons (Fsp3) is 0.238. The second kappa shape index (κ2) is 7.38. The van der Waals surface area contributed by atoms with Gasteiger partial charge >= 0.3 is 6.03 Å². The van der Waals surface area contributed by atoms with Gasteiger partial charge < -0.3 is 15.3 Å². The van der Waals surface area contributed by atoms with Crippen LogP contribution in [0.15, 0.2) is 41.2 Å². The number of aliphatic hydroxyl groups is 1. The molecule has 0 saturated carbocycles. The highest BCUT2D eigenvalue weighted by Crippen LogP contribution is 2.46. The Labute approximate surface area is 179 Å². The molecule has 2 atom stereocenters. The van der Waals surface area contributed by atoms with Crippen LogP contribution in [-0.4, -0.2) is 56.7 Å². The van der Waals surface area contributed by atoms with Gasteiger partial charge in [-0.15, -0.1) is 0 Å². The highest BCUT2D eigenvalue weighted by atomic mass is 19.1. The fourth-order valence-electron chi connectivity index (χ4n) is 4.36. The van der Waals surface area contributed by atoms with E-state index >= 15 is 0 Å². The number of carbonyl (C=O) groups excluding carboxylic acids is 2. The Kier molecular flexibility index (Phi) is 4.63. The van der Waals surface area contributed by atoms with E-state index in [2.05, 4.69) is 15.5 Å². The number of H-pyrrole nitrogens is 1. The Balaban J connectivity index is 1.74. The molecule has 2 aliphatic heterocycles. The van der Waals surface area contributed by atoms with Crippen molar-refractivity contribution in [3.8, 4) is 0 Å².